The molecular formula is C13H12BrN3O. The van der Waals surface area contributed by atoms with E-state index in [9.17, 15) is 5.26 Å². The van der Waals surface area contributed by atoms with E-state index < -0.39 is 0 Å². The van der Waals surface area contributed by atoms with Crippen molar-refractivity contribution >= 4 is 15.9 Å². The van der Waals surface area contributed by atoms with Crippen LogP contribution in [-0.2, 0) is 7.05 Å². The lowest BCUT2D eigenvalue weighted by atomic mass is 10.0. The predicted molar refractivity (Wildman–Crippen MR) is 72.2 cm³/mol. The second-order valence-electron chi connectivity index (χ2n) is 3.69. The molecule has 0 saturated heterocycles. The Morgan fingerprint density at radius 1 is 1.50 bits per heavy atom. The third kappa shape index (κ3) is 2.12. The van der Waals surface area contributed by atoms with Crippen LogP contribution in [0.4, 0.5) is 0 Å². The lowest BCUT2D eigenvalue weighted by Crippen LogP contribution is -1.99. The molecule has 4 nitrogen and oxygen atoms in total. The average Bonchev–Trinajstić information content (AvgIpc) is 2.69. The zero-order valence-corrected chi connectivity index (χ0v) is 11.7. The molecule has 18 heavy (non-hydrogen) atoms. The third-order valence-electron chi connectivity index (χ3n) is 2.59. The normalized spacial score (nSPS) is 10.1. The number of rotatable bonds is 3. The van der Waals surface area contributed by atoms with E-state index in [0.717, 1.165) is 15.7 Å². The Labute approximate surface area is 114 Å². The number of hydrogen-bond acceptors (Lipinski definition) is 3. The predicted octanol–water partition coefficient (Wildman–Crippen LogP) is 3.12. The van der Waals surface area contributed by atoms with Gasteiger partial charge in [0.2, 0.25) is 0 Å². The van der Waals surface area contributed by atoms with Crippen molar-refractivity contribution in [2.75, 3.05) is 6.61 Å². The summed E-state index contributed by atoms with van der Waals surface area (Å²) in [6.45, 7) is 2.43. The van der Waals surface area contributed by atoms with Crippen molar-refractivity contribution in [2.45, 2.75) is 6.92 Å². The van der Waals surface area contributed by atoms with Crippen LogP contribution in [-0.4, -0.2) is 16.4 Å². The van der Waals surface area contributed by atoms with Gasteiger partial charge in [-0.25, -0.2) is 0 Å². The van der Waals surface area contributed by atoms with Gasteiger partial charge in [-0.15, -0.1) is 0 Å². The summed E-state index contributed by atoms with van der Waals surface area (Å²) in [5.41, 5.74) is 2.21. The molecule has 0 spiro atoms. The molecule has 5 heteroatoms. The van der Waals surface area contributed by atoms with Crippen LogP contribution in [0.5, 0.6) is 5.75 Å². The van der Waals surface area contributed by atoms with Gasteiger partial charge in [0.1, 0.15) is 17.4 Å². The number of aryl methyl sites for hydroxylation is 1. The minimum Gasteiger partial charge on any atom is -0.492 e. The first kappa shape index (κ1) is 12.7. The molecule has 92 valence electrons. The Hall–Kier alpha value is -1.80. The molecule has 0 unspecified atom stereocenters. The number of nitriles is 1. The van der Waals surface area contributed by atoms with E-state index in [1.807, 2.05) is 26.1 Å². The average molecular weight is 306 g/mol. The molecule has 1 aromatic heterocycles. The lowest BCUT2D eigenvalue weighted by Gasteiger charge is -2.10. The highest BCUT2D eigenvalue weighted by atomic mass is 79.9. The number of benzene rings is 1. The van der Waals surface area contributed by atoms with Gasteiger partial charge in [0.25, 0.3) is 0 Å². The Balaban J connectivity index is 2.66. The van der Waals surface area contributed by atoms with Crippen LogP contribution in [0.15, 0.2) is 28.9 Å². The maximum atomic E-state index is 9.33. The minimum absolute atomic E-state index is 0.531. The first-order valence-electron chi connectivity index (χ1n) is 5.52. The summed E-state index contributed by atoms with van der Waals surface area (Å²) in [5, 5.41) is 13.5. The number of hydrogen-bond donors (Lipinski definition) is 0. The minimum atomic E-state index is 0.531. The molecular weight excluding hydrogens is 294 g/mol. The monoisotopic (exact) mass is 305 g/mol. The molecule has 0 radical (unpaired) electrons. The van der Waals surface area contributed by atoms with Crippen LogP contribution in [0.1, 0.15) is 12.5 Å². The van der Waals surface area contributed by atoms with Gasteiger partial charge in [-0.1, -0.05) is 12.1 Å². The van der Waals surface area contributed by atoms with Gasteiger partial charge in [0, 0.05) is 12.6 Å². The summed E-state index contributed by atoms with van der Waals surface area (Å²) >= 11 is 3.45. The maximum absolute atomic E-state index is 9.33. The van der Waals surface area contributed by atoms with Crippen LogP contribution in [0.2, 0.25) is 0 Å². The van der Waals surface area contributed by atoms with Gasteiger partial charge in [0.05, 0.1) is 23.0 Å². The quantitative estimate of drug-likeness (QED) is 0.875. The zero-order valence-electron chi connectivity index (χ0n) is 10.1. The van der Waals surface area contributed by atoms with Crippen molar-refractivity contribution in [2.24, 2.45) is 7.05 Å². The third-order valence-corrected chi connectivity index (χ3v) is 3.17. The summed E-state index contributed by atoms with van der Waals surface area (Å²) in [5.74, 6) is 0.602. The molecule has 0 aliphatic rings. The van der Waals surface area contributed by atoms with E-state index in [0.29, 0.717) is 17.9 Å². The van der Waals surface area contributed by atoms with E-state index >= 15 is 0 Å². The first-order chi connectivity index (χ1) is 8.69. The van der Waals surface area contributed by atoms with Gasteiger partial charge < -0.3 is 4.74 Å². The van der Waals surface area contributed by atoms with E-state index in [2.05, 4.69) is 27.1 Å². The largest absolute Gasteiger partial charge is 0.492 e. The molecule has 0 N–H and O–H groups in total. The summed E-state index contributed by atoms with van der Waals surface area (Å²) < 4.78 is 8.07. The summed E-state index contributed by atoms with van der Waals surface area (Å²) in [4.78, 5) is 0. The van der Waals surface area contributed by atoms with Crippen LogP contribution in [0.3, 0.4) is 0 Å². The van der Waals surface area contributed by atoms with Crippen molar-refractivity contribution in [1.29, 1.82) is 5.26 Å². The molecule has 1 heterocycles. The molecule has 2 aromatic rings. The van der Waals surface area contributed by atoms with Crippen molar-refractivity contribution in [3.63, 3.8) is 0 Å². The molecule has 2 rings (SSSR count). The standard InChI is InChI=1S/C13H12BrN3O/c1-3-18-12-6-4-5-9(10(12)7-15)13-11(14)8-16-17(13)2/h4-6,8H,3H2,1-2H3. The smallest absolute Gasteiger partial charge is 0.137 e. The molecule has 0 fully saturated rings. The number of aromatic nitrogens is 2. The van der Waals surface area contributed by atoms with E-state index in [1.165, 1.54) is 0 Å². The zero-order chi connectivity index (χ0) is 13.1. The highest BCUT2D eigenvalue weighted by Gasteiger charge is 2.16. The van der Waals surface area contributed by atoms with E-state index in [4.69, 9.17) is 4.74 Å². The molecule has 1 aromatic carbocycles. The summed E-state index contributed by atoms with van der Waals surface area (Å²) in [6.07, 6.45) is 1.71. The Bertz CT molecular complexity index is 594. The Kier molecular flexibility index (Phi) is 3.68. The highest BCUT2D eigenvalue weighted by molar-refractivity contribution is 9.10. The van der Waals surface area contributed by atoms with Crippen molar-refractivity contribution < 1.29 is 4.74 Å². The lowest BCUT2D eigenvalue weighted by molar-refractivity contribution is 0.339. The second kappa shape index (κ2) is 5.23. The van der Waals surface area contributed by atoms with Crippen molar-refractivity contribution in [1.82, 2.24) is 9.78 Å². The summed E-state index contributed by atoms with van der Waals surface area (Å²) in [7, 11) is 1.84. The van der Waals surface area contributed by atoms with Gasteiger partial charge >= 0.3 is 0 Å². The molecule has 0 atom stereocenters. The maximum Gasteiger partial charge on any atom is 0.137 e. The highest BCUT2D eigenvalue weighted by Crippen LogP contribution is 2.34. The van der Waals surface area contributed by atoms with Gasteiger partial charge in [-0.05, 0) is 28.9 Å². The number of nitrogens with zero attached hydrogens (tertiary/aromatic N) is 3. The van der Waals surface area contributed by atoms with Crippen LogP contribution >= 0.6 is 15.9 Å². The fourth-order valence-corrected chi connectivity index (χ4v) is 2.40. The summed E-state index contributed by atoms with van der Waals surface area (Å²) in [6, 6.07) is 7.77. The molecule has 0 bridgehead atoms. The number of ether oxygens (including phenoxy) is 1. The second-order valence-corrected chi connectivity index (χ2v) is 4.54. The van der Waals surface area contributed by atoms with Crippen LogP contribution < -0.4 is 4.74 Å². The number of halogens is 1. The molecule has 0 amide bonds. The van der Waals surface area contributed by atoms with Crippen LogP contribution in [0.25, 0.3) is 11.3 Å². The fourth-order valence-electron chi connectivity index (χ4n) is 1.83. The van der Waals surface area contributed by atoms with E-state index in [1.54, 1.807) is 16.9 Å². The molecule has 0 saturated carbocycles. The Morgan fingerprint density at radius 3 is 2.83 bits per heavy atom. The van der Waals surface area contributed by atoms with Gasteiger partial charge in [-0.2, -0.15) is 10.4 Å². The topological polar surface area (TPSA) is 50.8 Å². The first-order valence-corrected chi connectivity index (χ1v) is 6.32. The Morgan fingerprint density at radius 2 is 2.28 bits per heavy atom. The van der Waals surface area contributed by atoms with E-state index in [-0.39, 0.29) is 0 Å². The molecule has 0 aliphatic heterocycles. The van der Waals surface area contributed by atoms with Crippen LogP contribution in [0, 0.1) is 11.3 Å². The fraction of sp³-hybridized carbons (Fsp3) is 0.231. The SMILES string of the molecule is CCOc1cccc(-c2c(Br)cnn2C)c1C#N. The van der Waals surface area contributed by atoms with Crippen molar-refractivity contribution in [3.8, 4) is 23.1 Å². The van der Waals surface area contributed by atoms with Gasteiger partial charge in [0.15, 0.2) is 0 Å². The molecule has 0 aliphatic carbocycles. The van der Waals surface area contributed by atoms with Crippen molar-refractivity contribution in [3.05, 3.63) is 34.4 Å². The van der Waals surface area contributed by atoms with Gasteiger partial charge in [-0.3, -0.25) is 4.68 Å².